The van der Waals surface area contributed by atoms with Gasteiger partial charge < -0.3 is 4.90 Å². The highest BCUT2D eigenvalue weighted by Gasteiger charge is 2.51. The summed E-state index contributed by atoms with van der Waals surface area (Å²) in [6, 6.07) is 13.9. The number of carbonyl (C=O) groups is 1. The molecule has 2 atom stereocenters. The number of thiophene rings is 1. The summed E-state index contributed by atoms with van der Waals surface area (Å²) in [6.07, 6.45) is 3.03. The number of hydrogen-bond donors (Lipinski definition) is 2. The van der Waals surface area contributed by atoms with Crippen molar-refractivity contribution in [2.24, 2.45) is 5.73 Å². The van der Waals surface area contributed by atoms with Crippen LogP contribution in [0.2, 0.25) is 0 Å². The number of benzene rings is 1. The fourth-order valence-corrected chi connectivity index (χ4v) is 4.00. The van der Waals surface area contributed by atoms with Gasteiger partial charge in [0.15, 0.2) is 5.54 Å². The van der Waals surface area contributed by atoms with Crippen molar-refractivity contribution in [3.8, 4) is 11.1 Å². The van der Waals surface area contributed by atoms with Crippen LogP contribution in [0.15, 0.2) is 65.6 Å². The molecule has 0 radical (unpaired) electrons. The number of pyridine rings is 1. The van der Waals surface area contributed by atoms with E-state index in [4.69, 9.17) is 5.73 Å². The molecule has 3 heterocycles. The van der Waals surface area contributed by atoms with E-state index in [0.29, 0.717) is 0 Å². The molecule has 0 aliphatic carbocycles. The molecule has 25 heavy (non-hydrogen) atoms. The standard InChI is InChI=1S/C19H18N4OS/c1-23-17(24)19(22-18(23)20,16-7-9-25-12-16)15-6-2-4-13(10-15)14-5-3-8-21-11-14/h2-12,18,22H,20H2,1H3/t18?,19-/m0/s1. The SMILES string of the molecule is CN1C(=O)[C@@](c2ccsc2)(c2cccc(-c3cccnc3)c2)NC1N. The Morgan fingerprint density at radius 3 is 2.68 bits per heavy atom. The second-order valence-electron chi connectivity index (χ2n) is 6.09. The molecule has 6 heteroatoms. The average Bonchev–Trinajstić information content (AvgIpc) is 3.27. The summed E-state index contributed by atoms with van der Waals surface area (Å²) in [4.78, 5) is 18.9. The van der Waals surface area contributed by atoms with Gasteiger partial charge in [0.05, 0.1) is 0 Å². The maximum absolute atomic E-state index is 13.2. The van der Waals surface area contributed by atoms with Crippen LogP contribution in [0, 0.1) is 0 Å². The molecule has 5 nitrogen and oxygen atoms in total. The first kappa shape index (κ1) is 16.0. The van der Waals surface area contributed by atoms with E-state index in [1.54, 1.807) is 29.5 Å². The highest BCUT2D eigenvalue weighted by molar-refractivity contribution is 7.08. The monoisotopic (exact) mass is 350 g/mol. The van der Waals surface area contributed by atoms with Crippen molar-refractivity contribution in [3.05, 3.63) is 76.7 Å². The zero-order chi connectivity index (χ0) is 17.4. The first-order valence-electron chi connectivity index (χ1n) is 7.97. The maximum Gasteiger partial charge on any atom is 0.254 e. The summed E-state index contributed by atoms with van der Waals surface area (Å²) in [5.41, 5.74) is 8.96. The van der Waals surface area contributed by atoms with Gasteiger partial charge in [0.2, 0.25) is 0 Å². The normalized spacial score (nSPS) is 23.2. The van der Waals surface area contributed by atoms with Crippen molar-refractivity contribution in [2.45, 2.75) is 11.8 Å². The van der Waals surface area contributed by atoms with Gasteiger partial charge in [-0.05, 0) is 51.2 Å². The van der Waals surface area contributed by atoms with Crippen molar-refractivity contribution in [3.63, 3.8) is 0 Å². The van der Waals surface area contributed by atoms with Crippen molar-refractivity contribution in [1.82, 2.24) is 15.2 Å². The van der Waals surface area contributed by atoms with Crippen molar-refractivity contribution < 1.29 is 4.79 Å². The summed E-state index contributed by atoms with van der Waals surface area (Å²) >= 11 is 1.56. The summed E-state index contributed by atoms with van der Waals surface area (Å²) in [7, 11) is 1.72. The topological polar surface area (TPSA) is 71.2 Å². The van der Waals surface area contributed by atoms with E-state index in [1.165, 1.54) is 0 Å². The molecule has 4 rings (SSSR count). The highest BCUT2D eigenvalue weighted by atomic mass is 32.1. The highest BCUT2D eigenvalue weighted by Crippen LogP contribution is 2.38. The number of likely N-dealkylation sites (N-methyl/N-ethyl adjacent to an activating group) is 1. The summed E-state index contributed by atoms with van der Waals surface area (Å²) in [5.74, 6) is -0.0539. The molecule has 1 aliphatic rings. The molecule has 2 aromatic heterocycles. The zero-order valence-corrected chi connectivity index (χ0v) is 14.5. The van der Waals surface area contributed by atoms with Gasteiger partial charge in [-0.2, -0.15) is 11.3 Å². The van der Waals surface area contributed by atoms with Crippen LogP contribution in [-0.4, -0.2) is 29.1 Å². The van der Waals surface area contributed by atoms with Gasteiger partial charge in [-0.15, -0.1) is 0 Å². The predicted molar refractivity (Wildman–Crippen MR) is 98.7 cm³/mol. The Balaban J connectivity index is 1.89. The number of aromatic nitrogens is 1. The number of rotatable bonds is 3. The van der Waals surface area contributed by atoms with E-state index in [-0.39, 0.29) is 5.91 Å². The van der Waals surface area contributed by atoms with Gasteiger partial charge in [-0.25, -0.2) is 0 Å². The zero-order valence-electron chi connectivity index (χ0n) is 13.7. The molecule has 3 aromatic rings. The smallest absolute Gasteiger partial charge is 0.254 e. The third-order valence-corrected chi connectivity index (χ3v) is 5.35. The number of amides is 1. The molecule has 0 saturated carbocycles. The third kappa shape index (κ3) is 2.46. The average molecular weight is 350 g/mol. The lowest BCUT2D eigenvalue weighted by Gasteiger charge is -2.27. The van der Waals surface area contributed by atoms with Gasteiger partial charge in [-0.3, -0.25) is 20.8 Å². The van der Waals surface area contributed by atoms with Crippen molar-refractivity contribution in [2.75, 3.05) is 7.05 Å². The van der Waals surface area contributed by atoms with Crippen LogP contribution >= 0.6 is 11.3 Å². The van der Waals surface area contributed by atoms with Crippen molar-refractivity contribution in [1.29, 1.82) is 0 Å². The van der Waals surface area contributed by atoms with E-state index in [2.05, 4.69) is 10.3 Å². The Hall–Kier alpha value is -2.54. The fraction of sp³-hybridized carbons (Fsp3) is 0.158. The Kier molecular flexibility index (Phi) is 3.88. The molecule has 1 aliphatic heterocycles. The molecule has 1 aromatic carbocycles. The van der Waals surface area contributed by atoms with E-state index in [1.807, 2.05) is 59.4 Å². The summed E-state index contributed by atoms with van der Waals surface area (Å²) in [5, 5.41) is 7.28. The Morgan fingerprint density at radius 2 is 2.04 bits per heavy atom. The number of hydrogen-bond acceptors (Lipinski definition) is 5. The second kappa shape index (κ2) is 6.07. The summed E-state index contributed by atoms with van der Waals surface area (Å²) < 4.78 is 0. The molecular formula is C19H18N4OS. The molecule has 0 spiro atoms. The first-order valence-corrected chi connectivity index (χ1v) is 8.91. The minimum atomic E-state index is -0.966. The Bertz CT molecular complexity index is 897. The molecule has 1 amide bonds. The van der Waals surface area contributed by atoms with Crippen molar-refractivity contribution >= 4 is 17.2 Å². The van der Waals surface area contributed by atoms with E-state index in [0.717, 1.165) is 22.3 Å². The lowest BCUT2D eigenvalue weighted by molar-refractivity contribution is -0.131. The Labute approximate surface area is 150 Å². The molecule has 1 unspecified atom stereocenters. The Morgan fingerprint density at radius 1 is 1.20 bits per heavy atom. The quantitative estimate of drug-likeness (QED) is 0.761. The third-order valence-electron chi connectivity index (χ3n) is 4.67. The second-order valence-corrected chi connectivity index (χ2v) is 6.87. The number of nitrogens with two attached hydrogens (primary N) is 1. The predicted octanol–water partition coefficient (Wildman–Crippen LogP) is 2.36. The van der Waals surface area contributed by atoms with Crippen LogP contribution in [0.5, 0.6) is 0 Å². The minimum Gasteiger partial charge on any atom is -0.315 e. The lowest BCUT2D eigenvalue weighted by Crippen LogP contribution is -2.47. The van der Waals surface area contributed by atoms with Gasteiger partial charge in [0, 0.05) is 19.4 Å². The lowest BCUT2D eigenvalue weighted by atomic mass is 9.83. The van der Waals surface area contributed by atoms with Crippen LogP contribution in [0.25, 0.3) is 11.1 Å². The minimum absolute atomic E-state index is 0.0539. The molecule has 1 fully saturated rings. The van der Waals surface area contributed by atoms with Crippen LogP contribution in [0.1, 0.15) is 11.1 Å². The van der Waals surface area contributed by atoms with Gasteiger partial charge in [0.25, 0.3) is 5.91 Å². The molecule has 3 N–H and O–H groups in total. The van der Waals surface area contributed by atoms with Gasteiger partial charge >= 0.3 is 0 Å². The summed E-state index contributed by atoms with van der Waals surface area (Å²) in [6.45, 7) is 0. The largest absolute Gasteiger partial charge is 0.315 e. The van der Waals surface area contributed by atoms with Crippen LogP contribution in [-0.2, 0) is 10.3 Å². The van der Waals surface area contributed by atoms with Gasteiger partial charge in [0.1, 0.15) is 6.29 Å². The maximum atomic E-state index is 13.2. The van der Waals surface area contributed by atoms with Gasteiger partial charge in [-0.1, -0.05) is 24.3 Å². The van der Waals surface area contributed by atoms with E-state index >= 15 is 0 Å². The van der Waals surface area contributed by atoms with Crippen LogP contribution in [0.4, 0.5) is 0 Å². The number of nitrogens with one attached hydrogen (secondary N) is 1. The van der Waals surface area contributed by atoms with E-state index in [9.17, 15) is 4.79 Å². The molecule has 0 bridgehead atoms. The molecule has 1 saturated heterocycles. The first-order chi connectivity index (χ1) is 12.1. The number of carbonyl (C=O) groups excluding carboxylic acids is 1. The molecule has 126 valence electrons. The fourth-order valence-electron chi connectivity index (χ4n) is 3.29. The van der Waals surface area contributed by atoms with E-state index < -0.39 is 11.8 Å². The molecular weight excluding hydrogens is 332 g/mol. The van der Waals surface area contributed by atoms with Crippen LogP contribution in [0.3, 0.4) is 0 Å². The van der Waals surface area contributed by atoms with Crippen LogP contribution < -0.4 is 11.1 Å². The number of nitrogens with zero attached hydrogens (tertiary/aromatic N) is 2.